The van der Waals surface area contributed by atoms with Gasteiger partial charge in [-0.1, -0.05) is 12.1 Å². The van der Waals surface area contributed by atoms with Crippen molar-refractivity contribution in [1.29, 1.82) is 0 Å². The maximum absolute atomic E-state index is 12.8. The Morgan fingerprint density at radius 2 is 1.95 bits per heavy atom. The summed E-state index contributed by atoms with van der Waals surface area (Å²) in [7, 11) is 0. The number of amides is 1. The number of aromatic nitrogens is 2. The lowest BCUT2D eigenvalue weighted by atomic mass is 10.1. The van der Waals surface area contributed by atoms with Crippen molar-refractivity contribution in [2.24, 2.45) is 0 Å². The number of nitrogens with zero attached hydrogens (tertiary/aromatic N) is 4. The van der Waals surface area contributed by atoms with Gasteiger partial charge in [-0.05, 0) is 38.0 Å². The molecule has 1 saturated carbocycles. The first kappa shape index (κ1) is 13.2. The van der Waals surface area contributed by atoms with E-state index in [-0.39, 0.29) is 5.91 Å². The van der Waals surface area contributed by atoms with Gasteiger partial charge in [0, 0.05) is 19.1 Å². The molecule has 0 N–H and O–H groups in total. The van der Waals surface area contributed by atoms with Crippen LogP contribution in [-0.2, 0) is 0 Å². The van der Waals surface area contributed by atoms with Crippen LogP contribution in [0, 0.1) is 6.92 Å². The lowest BCUT2D eigenvalue weighted by Gasteiger charge is -2.38. The predicted molar refractivity (Wildman–Crippen MR) is 85.3 cm³/mol. The van der Waals surface area contributed by atoms with E-state index in [1.165, 1.54) is 18.5 Å². The summed E-state index contributed by atoms with van der Waals surface area (Å²) in [6, 6.07) is 10.6. The Kier molecular flexibility index (Phi) is 3.06. The van der Waals surface area contributed by atoms with Crippen LogP contribution < -0.4 is 9.80 Å². The van der Waals surface area contributed by atoms with E-state index >= 15 is 0 Å². The number of hydrogen-bond acceptors (Lipinski definition) is 4. The van der Waals surface area contributed by atoms with Crippen LogP contribution in [0.2, 0.25) is 0 Å². The number of fused-ring (bicyclic) bond motifs is 1. The smallest absolute Gasteiger partial charge is 0.260 e. The summed E-state index contributed by atoms with van der Waals surface area (Å²) in [4.78, 5) is 17.2. The van der Waals surface area contributed by atoms with E-state index in [9.17, 15) is 4.79 Å². The molecule has 1 aliphatic heterocycles. The molecule has 0 bridgehead atoms. The van der Waals surface area contributed by atoms with Crippen molar-refractivity contribution in [3.8, 4) is 0 Å². The van der Waals surface area contributed by atoms with Crippen LogP contribution in [0.25, 0.3) is 0 Å². The lowest BCUT2D eigenvalue weighted by Crippen LogP contribution is -2.45. The Hall–Kier alpha value is -2.43. The van der Waals surface area contributed by atoms with Crippen LogP contribution in [0.1, 0.15) is 28.9 Å². The molecule has 22 heavy (non-hydrogen) atoms. The van der Waals surface area contributed by atoms with Gasteiger partial charge in [-0.25, -0.2) is 0 Å². The zero-order valence-electron chi connectivity index (χ0n) is 12.6. The molecule has 4 rings (SSSR count). The van der Waals surface area contributed by atoms with Crippen LogP contribution in [0.4, 0.5) is 11.4 Å². The monoisotopic (exact) mass is 294 g/mol. The molecule has 1 amide bonds. The maximum Gasteiger partial charge on any atom is 0.260 e. The van der Waals surface area contributed by atoms with E-state index in [0.717, 1.165) is 17.9 Å². The minimum Gasteiger partial charge on any atom is -0.365 e. The molecule has 112 valence electrons. The summed E-state index contributed by atoms with van der Waals surface area (Å²) in [5.74, 6) is 0.000830. The Balaban J connectivity index is 1.70. The van der Waals surface area contributed by atoms with E-state index < -0.39 is 0 Å². The van der Waals surface area contributed by atoms with Crippen molar-refractivity contribution in [3.63, 3.8) is 0 Å². The fourth-order valence-corrected chi connectivity index (χ4v) is 3.11. The van der Waals surface area contributed by atoms with Gasteiger partial charge in [0.1, 0.15) is 0 Å². The zero-order valence-corrected chi connectivity index (χ0v) is 12.6. The first-order valence-electron chi connectivity index (χ1n) is 7.71. The Morgan fingerprint density at radius 3 is 2.68 bits per heavy atom. The highest BCUT2D eigenvalue weighted by atomic mass is 16.2. The molecule has 5 nitrogen and oxygen atoms in total. The second-order valence-corrected chi connectivity index (χ2v) is 5.96. The van der Waals surface area contributed by atoms with Gasteiger partial charge in [-0.2, -0.15) is 10.2 Å². The Labute approximate surface area is 129 Å². The predicted octanol–water partition coefficient (Wildman–Crippen LogP) is 2.41. The SMILES string of the molecule is Cc1cc(C(=O)N2CCN(C3CC3)c3ccccc32)cnn1. The molecule has 0 unspecified atom stereocenters. The van der Waals surface area contributed by atoms with Crippen molar-refractivity contribution >= 4 is 17.3 Å². The number of hydrogen-bond donors (Lipinski definition) is 0. The summed E-state index contributed by atoms with van der Waals surface area (Å²) in [5, 5.41) is 7.83. The number of carbonyl (C=O) groups excluding carboxylic acids is 1. The van der Waals surface area contributed by atoms with Crippen molar-refractivity contribution in [2.75, 3.05) is 22.9 Å². The maximum atomic E-state index is 12.8. The number of aryl methyl sites for hydroxylation is 1. The molecule has 2 aromatic rings. The zero-order chi connectivity index (χ0) is 15.1. The number of benzene rings is 1. The van der Waals surface area contributed by atoms with Crippen molar-refractivity contribution in [3.05, 3.63) is 47.8 Å². The largest absolute Gasteiger partial charge is 0.365 e. The summed E-state index contributed by atoms with van der Waals surface area (Å²) >= 11 is 0. The Bertz CT molecular complexity index is 726. The second-order valence-electron chi connectivity index (χ2n) is 5.96. The van der Waals surface area contributed by atoms with Crippen LogP contribution in [-0.4, -0.2) is 35.2 Å². The first-order valence-corrected chi connectivity index (χ1v) is 7.71. The molecule has 0 saturated heterocycles. The van der Waals surface area contributed by atoms with Gasteiger partial charge in [0.25, 0.3) is 5.91 Å². The Morgan fingerprint density at radius 1 is 1.18 bits per heavy atom. The summed E-state index contributed by atoms with van der Waals surface area (Å²) < 4.78 is 0. The number of rotatable bonds is 2. The molecule has 1 aromatic heterocycles. The van der Waals surface area contributed by atoms with Crippen LogP contribution in [0.15, 0.2) is 36.5 Å². The third-order valence-electron chi connectivity index (χ3n) is 4.30. The normalized spacial score (nSPS) is 17.3. The summed E-state index contributed by atoms with van der Waals surface area (Å²) in [5.41, 5.74) is 3.53. The van der Waals surface area contributed by atoms with E-state index in [2.05, 4.69) is 21.2 Å². The number of carbonyl (C=O) groups is 1. The quantitative estimate of drug-likeness (QED) is 0.853. The molecule has 2 aliphatic rings. The van der Waals surface area contributed by atoms with Gasteiger partial charge in [0.05, 0.1) is 28.8 Å². The highest BCUT2D eigenvalue weighted by Crippen LogP contribution is 2.40. The van der Waals surface area contributed by atoms with E-state index in [0.29, 0.717) is 18.2 Å². The molecular formula is C17H18N4O. The van der Waals surface area contributed by atoms with Gasteiger partial charge >= 0.3 is 0 Å². The third kappa shape index (κ3) is 2.22. The number of anilines is 2. The molecule has 1 fully saturated rings. The molecule has 0 radical (unpaired) electrons. The highest BCUT2D eigenvalue weighted by molar-refractivity contribution is 6.08. The molecule has 0 atom stereocenters. The molecule has 5 heteroatoms. The van der Waals surface area contributed by atoms with Crippen LogP contribution >= 0.6 is 0 Å². The van der Waals surface area contributed by atoms with Crippen LogP contribution in [0.5, 0.6) is 0 Å². The van der Waals surface area contributed by atoms with Crippen LogP contribution in [0.3, 0.4) is 0 Å². The topological polar surface area (TPSA) is 49.3 Å². The summed E-state index contributed by atoms with van der Waals surface area (Å²) in [6.45, 7) is 3.46. The summed E-state index contributed by atoms with van der Waals surface area (Å²) in [6.07, 6.45) is 4.07. The molecule has 1 aliphatic carbocycles. The average Bonchev–Trinajstić information content (AvgIpc) is 3.38. The standard InChI is InChI=1S/C17H18N4O/c1-12-10-13(11-18-19-12)17(22)21-9-8-20(14-6-7-14)15-4-2-3-5-16(15)21/h2-5,10-11,14H,6-9H2,1H3. The van der Waals surface area contributed by atoms with E-state index in [1.54, 1.807) is 12.3 Å². The second kappa shape index (κ2) is 5.09. The van der Waals surface area contributed by atoms with Gasteiger partial charge in [0.2, 0.25) is 0 Å². The lowest BCUT2D eigenvalue weighted by molar-refractivity contribution is 0.0986. The number of para-hydroxylation sites is 2. The van der Waals surface area contributed by atoms with Crippen molar-refractivity contribution < 1.29 is 4.79 Å². The minimum absolute atomic E-state index is 0.000830. The molecule has 0 spiro atoms. The van der Waals surface area contributed by atoms with E-state index in [1.807, 2.05) is 30.0 Å². The highest BCUT2D eigenvalue weighted by Gasteiger charge is 2.35. The van der Waals surface area contributed by atoms with Gasteiger partial charge in [0.15, 0.2) is 0 Å². The fourth-order valence-electron chi connectivity index (χ4n) is 3.11. The van der Waals surface area contributed by atoms with E-state index in [4.69, 9.17) is 0 Å². The average molecular weight is 294 g/mol. The third-order valence-corrected chi connectivity index (χ3v) is 4.30. The molecule has 1 aromatic carbocycles. The van der Waals surface area contributed by atoms with Crippen molar-refractivity contribution in [2.45, 2.75) is 25.8 Å². The van der Waals surface area contributed by atoms with Gasteiger partial charge in [-0.15, -0.1) is 0 Å². The fraction of sp³-hybridized carbons (Fsp3) is 0.353. The van der Waals surface area contributed by atoms with Gasteiger partial charge < -0.3 is 9.80 Å². The van der Waals surface area contributed by atoms with Gasteiger partial charge in [-0.3, -0.25) is 4.79 Å². The van der Waals surface area contributed by atoms with Crippen molar-refractivity contribution in [1.82, 2.24) is 10.2 Å². The molecule has 2 heterocycles. The first-order chi connectivity index (χ1) is 10.7. The molecular weight excluding hydrogens is 276 g/mol. The minimum atomic E-state index is 0.000830.